The summed E-state index contributed by atoms with van der Waals surface area (Å²) in [5.41, 5.74) is -1.97. The summed E-state index contributed by atoms with van der Waals surface area (Å²) in [5.74, 6) is -0.704. The molecule has 2 aliphatic rings. The highest BCUT2D eigenvalue weighted by Crippen LogP contribution is 2.37. The Balaban J connectivity index is 1.80. The molecule has 0 aromatic heterocycles. The van der Waals surface area contributed by atoms with Gasteiger partial charge in [0.2, 0.25) is 0 Å². The van der Waals surface area contributed by atoms with Crippen molar-refractivity contribution >= 4 is 5.91 Å². The van der Waals surface area contributed by atoms with Crippen LogP contribution in [0.25, 0.3) is 0 Å². The van der Waals surface area contributed by atoms with E-state index < -0.39 is 29.4 Å². The van der Waals surface area contributed by atoms with Gasteiger partial charge in [-0.25, -0.2) is 0 Å². The summed E-state index contributed by atoms with van der Waals surface area (Å²) >= 11 is 0. The van der Waals surface area contributed by atoms with Gasteiger partial charge < -0.3 is 14.7 Å². The highest BCUT2D eigenvalue weighted by Gasteiger charge is 2.47. The lowest BCUT2D eigenvalue weighted by Crippen LogP contribution is -2.56. The van der Waals surface area contributed by atoms with Crippen LogP contribution in [0.3, 0.4) is 0 Å². The fraction of sp³-hybridized carbons (Fsp3) is 0.562. The van der Waals surface area contributed by atoms with E-state index in [2.05, 4.69) is 0 Å². The van der Waals surface area contributed by atoms with E-state index in [1.165, 1.54) is 23.1 Å². The summed E-state index contributed by atoms with van der Waals surface area (Å²) in [7, 11) is 0. The van der Waals surface area contributed by atoms with Gasteiger partial charge in [0.1, 0.15) is 6.10 Å². The van der Waals surface area contributed by atoms with Crippen LogP contribution in [0.5, 0.6) is 0 Å². The number of piperidine rings is 1. The smallest absolute Gasteiger partial charge is 0.388 e. The Kier molecular flexibility index (Phi) is 4.10. The average molecular weight is 329 g/mol. The first-order valence-electron chi connectivity index (χ1n) is 7.61. The molecule has 23 heavy (non-hydrogen) atoms. The van der Waals surface area contributed by atoms with Crippen molar-refractivity contribution in [3.05, 3.63) is 35.4 Å². The van der Waals surface area contributed by atoms with Crippen molar-refractivity contribution < 1.29 is 27.8 Å². The minimum Gasteiger partial charge on any atom is -0.388 e. The molecule has 0 aliphatic carbocycles. The zero-order chi connectivity index (χ0) is 16.7. The van der Waals surface area contributed by atoms with Crippen molar-refractivity contribution in [1.29, 1.82) is 0 Å². The molecule has 7 heteroatoms. The predicted molar refractivity (Wildman–Crippen MR) is 75.9 cm³/mol. The second-order valence-electron chi connectivity index (χ2n) is 6.08. The summed E-state index contributed by atoms with van der Waals surface area (Å²) < 4.78 is 44.8. The average Bonchev–Trinajstić information content (AvgIpc) is 2.98. The number of benzene rings is 1. The topological polar surface area (TPSA) is 49.8 Å². The Morgan fingerprint density at radius 1 is 1.30 bits per heavy atom. The molecular formula is C16H18F3NO3. The molecule has 0 saturated carbocycles. The number of amides is 1. The van der Waals surface area contributed by atoms with Crippen molar-refractivity contribution in [1.82, 2.24) is 4.90 Å². The lowest BCUT2D eigenvalue weighted by molar-refractivity contribution is -0.138. The first-order valence-corrected chi connectivity index (χ1v) is 7.61. The maximum atomic E-state index is 13.1. The quantitative estimate of drug-likeness (QED) is 0.861. The van der Waals surface area contributed by atoms with E-state index in [4.69, 9.17) is 4.74 Å². The van der Waals surface area contributed by atoms with Crippen LogP contribution < -0.4 is 0 Å². The number of carbonyl (C=O) groups is 1. The van der Waals surface area contributed by atoms with Crippen molar-refractivity contribution in [2.45, 2.75) is 37.1 Å². The highest BCUT2D eigenvalue weighted by atomic mass is 19.4. The van der Waals surface area contributed by atoms with Crippen LogP contribution in [0.1, 0.15) is 35.2 Å². The first kappa shape index (κ1) is 16.3. The summed E-state index contributed by atoms with van der Waals surface area (Å²) in [6.07, 6.45) is -3.46. The maximum Gasteiger partial charge on any atom is 0.417 e. The molecule has 2 saturated heterocycles. The molecule has 0 radical (unpaired) electrons. The van der Waals surface area contributed by atoms with Crippen LogP contribution in [-0.2, 0) is 10.9 Å². The number of rotatable bonds is 1. The Morgan fingerprint density at radius 2 is 2.04 bits per heavy atom. The van der Waals surface area contributed by atoms with Gasteiger partial charge in [-0.05, 0) is 31.4 Å². The SMILES string of the molecule is O=C(c1ccccc1C(F)(F)F)N1CC[C@@]2(CCCO2)[C@@H](O)C1. The van der Waals surface area contributed by atoms with Crippen LogP contribution in [0.15, 0.2) is 24.3 Å². The fourth-order valence-electron chi connectivity index (χ4n) is 3.41. The fourth-order valence-corrected chi connectivity index (χ4v) is 3.41. The Morgan fingerprint density at radius 3 is 2.65 bits per heavy atom. The summed E-state index contributed by atoms with van der Waals surface area (Å²) in [6.45, 7) is 0.842. The van der Waals surface area contributed by atoms with Crippen molar-refractivity contribution in [3.63, 3.8) is 0 Å². The number of likely N-dealkylation sites (tertiary alicyclic amines) is 1. The van der Waals surface area contributed by atoms with Gasteiger partial charge in [-0.3, -0.25) is 4.79 Å². The van der Waals surface area contributed by atoms with Gasteiger partial charge in [0.05, 0.1) is 16.7 Å². The molecule has 2 atom stereocenters. The van der Waals surface area contributed by atoms with Crippen molar-refractivity contribution in [2.24, 2.45) is 0 Å². The van der Waals surface area contributed by atoms with E-state index in [-0.39, 0.29) is 18.7 Å². The number of ether oxygens (including phenoxy) is 1. The molecule has 1 spiro atoms. The molecule has 2 fully saturated rings. The van der Waals surface area contributed by atoms with Gasteiger partial charge in [0, 0.05) is 19.7 Å². The van der Waals surface area contributed by atoms with E-state index in [0.717, 1.165) is 18.9 Å². The molecule has 0 unspecified atom stereocenters. The molecule has 0 bridgehead atoms. The van der Waals surface area contributed by atoms with Crippen LogP contribution in [-0.4, -0.2) is 47.3 Å². The van der Waals surface area contributed by atoms with E-state index in [9.17, 15) is 23.1 Å². The molecule has 4 nitrogen and oxygen atoms in total. The van der Waals surface area contributed by atoms with Gasteiger partial charge >= 0.3 is 6.18 Å². The van der Waals surface area contributed by atoms with Crippen LogP contribution in [0.2, 0.25) is 0 Å². The summed E-state index contributed by atoms with van der Waals surface area (Å²) in [5, 5.41) is 10.3. The van der Waals surface area contributed by atoms with Gasteiger partial charge in [0.15, 0.2) is 0 Å². The number of nitrogens with zero attached hydrogens (tertiary/aromatic N) is 1. The number of aliphatic hydroxyl groups is 1. The van der Waals surface area contributed by atoms with Crippen LogP contribution in [0.4, 0.5) is 13.2 Å². The molecule has 3 rings (SSSR count). The number of hydrogen-bond donors (Lipinski definition) is 1. The van der Waals surface area contributed by atoms with E-state index >= 15 is 0 Å². The number of β-amino-alcohol motifs (C(OH)–C–C–N with tert-alkyl or cyclic N) is 1. The zero-order valence-corrected chi connectivity index (χ0v) is 12.5. The molecule has 1 aromatic rings. The molecule has 2 heterocycles. The van der Waals surface area contributed by atoms with Gasteiger partial charge in [0.25, 0.3) is 5.91 Å². The van der Waals surface area contributed by atoms with E-state index in [1.807, 2.05) is 0 Å². The molecule has 2 aliphatic heterocycles. The Labute approximate surface area is 131 Å². The zero-order valence-electron chi connectivity index (χ0n) is 12.5. The number of aliphatic hydroxyl groups excluding tert-OH is 1. The third-order valence-corrected chi connectivity index (χ3v) is 4.69. The number of carbonyl (C=O) groups excluding carboxylic acids is 1. The van der Waals surface area contributed by atoms with Gasteiger partial charge in [-0.1, -0.05) is 12.1 Å². The van der Waals surface area contributed by atoms with Crippen molar-refractivity contribution in [3.8, 4) is 0 Å². The summed E-state index contributed by atoms with van der Waals surface area (Å²) in [6, 6.07) is 4.74. The predicted octanol–water partition coefficient (Wildman–Crippen LogP) is 2.46. The van der Waals surface area contributed by atoms with E-state index in [1.54, 1.807) is 0 Å². The second kappa shape index (κ2) is 5.79. The van der Waals surface area contributed by atoms with Crippen LogP contribution in [0, 0.1) is 0 Å². The molecule has 1 N–H and O–H groups in total. The molecule has 1 amide bonds. The monoisotopic (exact) mass is 329 g/mol. The normalized spacial score (nSPS) is 28.3. The third kappa shape index (κ3) is 2.95. The minimum atomic E-state index is -4.59. The minimum absolute atomic E-state index is 0.00890. The molecule has 126 valence electrons. The van der Waals surface area contributed by atoms with Gasteiger partial charge in [-0.2, -0.15) is 13.2 Å². The molecular weight excluding hydrogens is 311 g/mol. The van der Waals surface area contributed by atoms with E-state index in [0.29, 0.717) is 13.0 Å². The Hall–Kier alpha value is -1.60. The number of alkyl halides is 3. The summed E-state index contributed by atoms with van der Waals surface area (Å²) in [4.78, 5) is 13.8. The van der Waals surface area contributed by atoms with Gasteiger partial charge in [-0.15, -0.1) is 0 Å². The second-order valence-corrected chi connectivity index (χ2v) is 6.08. The largest absolute Gasteiger partial charge is 0.417 e. The Bertz CT molecular complexity index is 596. The van der Waals surface area contributed by atoms with Crippen molar-refractivity contribution in [2.75, 3.05) is 19.7 Å². The number of hydrogen-bond acceptors (Lipinski definition) is 3. The first-order chi connectivity index (χ1) is 10.8. The lowest BCUT2D eigenvalue weighted by atomic mass is 9.85. The van der Waals surface area contributed by atoms with Crippen LogP contribution >= 0.6 is 0 Å². The highest BCUT2D eigenvalue weighted by molar-refractivity contribution is 5.96. The maximum absolute atomic E-state index is 13.1. The number of halogens is 3. The third-order valence-electron chi connectivity index (χ3n) is 4.69. The molecule has 1 aromatic carbocycles. The standard InChI is InChI=1S/C16H18F3NO3/c17-16(18,19)12-5-2-1-4-11(12)14(22)20-8-7-15(13(21)10-20)6-3-9-23-15/h1-2,4-5,13,21H,3,6-10H2/t13-,15-/m0/s1. The lowest BCUT2D eigenvalue weighted by Gasteiger charge is -2.42.